The topological polar surface area (TPSA) is 73.3 Å². The van der Waals surface area contributed by atoms with Gasteiger partial charge in [-0.25, -0.2) is 0 Å². The summed E-state index contributed by atoms with van der Waals surface area (Å²) in [7, 11) is 0. The van der Waals surface area contributed by atoms with Gasteiger partial charge >= 0.3 is 0 Å². The number of nitrogens with one attached hydrogen (secondary N) is 1. The zero-order valence-electron chi connectivity index (χ0n) is 9.96. The normalized spacial score (nSPS) is 17.1. The Morgan fingerprint density at radius 3 is 3.06 bits per heavy atom. The molecule has 1 fully saturated rings. The van der Waals surface area contributed by atoms with Crippen molar-refractivity contribution < 1.29 is 13.7 Å². The molecule has 0 unspecified atom stereocenters. The summed E-state index contributed by atoms with van der Waals surface area (Å²) >= 11 is 0. The predicted molar refractivity (Wildman–Crippen MR) is 62.7 cm³/mol. The first-order valence-corrected chi connectivity index (χ1v) is 6.09. The molecule has 0 aliphatic carbocycles. The van der Waals surface area contributed by atoms with Crippen LogP contribution in [0.2, 0.25) is 0 Å². The highest BCUT2D eigenvalue weighted by Crippen LogP contribution is 2.17. The fourth-order valence-electron chi connectivity index (χ4n) is 1.97. The molecule has 0 radical (unpaired) electrons. The van der Waals surface area contributed by atoms with Gasteiger partial charge in [-0.15, -0.1) is 0 Å². The lowest BCUT2D eigenvalue weighted by Gasteiger charge is -2.21. The maximum absolute atomic E-state index is 5.74. The van der Waals surface area contributed by atoms with Gasteiger partial charge in [0.05, 0.1) is 17.9 Å². The lowest BCUT2D eigenvalue weighted by molar-refractivity contribution is 0.00859. The lowest BCUT2D eigenvalue weighted by Crippen LogP contribution is -2.32. The van der Waals surface area contributed by atoms with E-state index in [2.05, 4.69) is 15.5 Å². The van der Waals surface area contributed by atoms with Crippen molar-refractivity contribution in [1.29, 1.82) is 0 Å². The molecule has 6 nitrogen and oxygen atoms in total. The summed E-state index contributed by atoms with van der Waals surface area (Å²) in [6.45, 7) is 2.39. The van der Waals surface area contributed by atoms with E-state index in [9.17, 15) is 0 Å². The zero-order chi connectivity index (χ0) is 12.2. The second-order valence-corrected chi connectivity index (χ2v) is 4.28. The number of aromatic nitrogens is 2. The Labute approximate surface area is 104 Å². The van der Waals surface area contributed by atoms with Crippen molar-refractivity contribution in [3.63, 3.8) is 0 Å². The third kappa shape index (κ3) is 2.60. The van der Waals surface area contributed by atoms with E-state index in [0.29, 0.717) is 18.3 Å². The molecule has 18 heavy (non-hydrogen) atoms. The van der Waals surface area contributed by atoms with Crippen LogP contribution in [0.25, 0.3) is 11.4 Å². The summed E-state index contributed by atoms with van der Waals surface area (Å²) < 4.78 is 15.8. The Hall–Kier alpha value is -1.66. The summed E-state index contributed by atoms with van der Waals surface area (Å²) in [4.78, 5) is 4.26. The standard InChI is InChI=1S/C12H15N3O3/c1-4-13-5-2-10(1)17-8-11-14-12(15-18-11)9-3-6-16-7-9/h3,6-7,10,13H,1-2,4-5,8H2. The van der Waals surface area contributed by atoms with Crippen LogP contribution in [0.1, 0.15) is 18.7 Å². The van der Waals surface area contributed by atoms with E-state index in [0.717, 1.165) is 31.5 Å². The molecular formula is C12H15N3O3. The first kappa shape index (κ1) is 11.4. The van der Waals surface area contributed by atoms with Crippen LogP contribution in [0.5, 0.6) is 0 Å². The fraction of sp³-hybridized carbons (Fsp3) is 0.500. The molecule has 2 aromatic heterocycles. The molecule has 6 heteroatoms. The van der Waals surface area contributed by atoms with Gasteiger partial charge in [-0.05, 0) is 32.0 Å². The minimum Gasteiger partial charge on any atom is -0.472 e. The van der Waals surface area contributed by atoms with Crippen molar-refractivity contribution in [3.8, 4) is 11.4 Å². The summed E-state index contributed by atoms with van der Waals surface area (Å²) in [6.07, 6.45) is 5.51. The fourth-order valence-corrected chi connectivity index (χ4v) is 1.97. The van der Waals surface area contributed by atoms with Crippen LogP contribution < -0.4 is 5.32 Å². The van der Waals surface area contributed by atoms with Crippen LogP contribution in [0.15, 0.2) is 27.5 Å². The molecule has 3 heterocycles. The van der Waals surface area contributed by atoms with Gasteiger partial charge in [-0.3, -0.25) is 0 Å². The van der Waals surface area contributed by atoms with E-state index >= 15 is 0 Å². The Bertz CT molecular complexity index is 474. The van der Waals surface area contributed by atoms with Gasteiger partial charge < -0.3 is 19.0 Å². The van der Waals surface area contributed by atoms with E-state index in [1.165, 1.54) is 0 Å². The van der Waals surface area contributed by atoms with Gasteiger partial charge in [-0.2, -0.15) is 4.98 Å². The van der Waals surface area contributed by atoms with Crippen molar-refractivity contribution in [1.82, 2.24) is 15.5 Å². The summed E-state index contributed by atoms with van der Waals surface area (Å²) in [5.74, 6) is 1.04. The molecule has 3 rings (SSSR count). The van der Waals surface area contributed by atoms with Crippen molar-refractivity contribution in [3.05, 3.63) is 24.5 Å². The first-order chi connectivity index (χ1) is 8.92. The molecule has 2 aromatic rings. The second-order valence-electron chi connectivity index (χ2n) is 4.28. The smallest absolute Gasteiger partial charge is 0.252 e. The van der Waals surface area contributed by atoms with Gasteiger partial charge in [0.2, 0.25) is 5.82 Å². The van der Waals surface area contributed by atoms with Crippen molar-refractivity contribution in [2.75, 3.05) is 13.1 Å². The number of piperidine rings is 1. The highest BCUT2D eigenvalue weighted by molar-refractivity contribution is 5.51. The first-order valence-electron chi connectivity index (χ1n) is 6.09. The molecule has 1 N–H and O–H groups in total. The molecule has 0 spiro atoms. The monoisotopic (exact) mass is 249 g/mol. The molecule has 0 bridgehead atoms. The number of hydrogen-bond donors (Lipinski definition) is 1. The van der Waals surface area contributed by atoms with Crippen LogP contribution in [0.3, 0.4) is 0 Å². The molecule has 0 saturated carbocycles. The molecule has 0 aromatic carbocycles. The van der Waals surface area contributed by atoms with Crippen LogP contribution in [0, 0.1) is 0 Å². The van der Waals surface area contributed by atoms with Crippen LogP contribution >= 0.6 is 0 Å². The van der Waals surface area contributed by atoms with Gasteiger partial charge in [0.1, 0.15) is 12.9 Å². The largest absolute Gasteiger partial charge is 0.472 e. The minimum absolute atomic E-state index is 0.288. The Kier molecular flexibility index (Phi) is 3.38. The third-order valence-corrected chi connectivity index (χ3v) is 2.98. The van der Waals surface area contributed by atoms with Crippen LogP contribution in [-0.2, 0) is 11.3 Å². The van der Waals surface area contributed by atoms with Gasteiger partial charge in [-0.1, -0.05) is 5.16 Å². The van der Waals surface area contributed by atoms with Crippen LogP contribution in [0.4, 0.5) is 0 Å². The van der Waals surface area contributed by atoms with Crippen molar-refractivity contribution in [2.24, 2.45) is 0 Å². The molecule has 1 saturated heterocycles. The van der Waals surface area contributed by atoms with E-state index in [1.54, 1.807) is 18.6 Å². The molecule has 1 aliphatic heterocycles. The van der Waals surface area contributed by atoms with E-state index < -0.39 is 0 Å². The average molecular weight is 249 g/mol. The van der Waals surface area contributed by atoms with E-state index in [4.69, 9.17) is 13.7 Å². The van der Waals surface area contributed by atoms with Crippen molar-refractivity contribution >= 4 is 0 Å². The highest BCUT2D eigenvalue weighted by Gasteiger charge is 2.15. The maximum Gasteiger partial charge on any atom is 0.252 e. The summed E-state index contributed by atoms with van der Waals surface area (Å²) in [5.41, 5.74) is 0.812. The van der Waals surface area contributed by atoms with Gasteiger partial charge in [0, 0.05) is 0 Å². The Balaban J connectivity index is 1.57. The molecule has 0 atom stereocenters. The predicted octanol–water partition coefficient (Wildman–Crippen LogP) is 1.60. The number of ether oxygens (including phenoxy) is 1. The minimum atomic E-state index is 0.288. The second kappa shape index (κ2) is 5.32. The lowest BCUT2D eigenvalue weighted by atomic mass is 10.1. The third-order valence-electron chi connectivity index (χ3n) is 2.98. The summed E-state index contributed by atoms with van der Waals surface area (Å²) in [6, 6.07) is 1.79. The Morgan fingerprint density at radius 1 is 1.39 bits per heavy atom. The highest BCUT2D eigenvalue weighted by atomic mass is 16.5. The van der Waals surface area contributed by atoms with Gasteiger partial charge in [0.25, 0.3) is 5.89 Å². The molecule has 1 aliphatic rings. The Morgan fingerprint density at radius 2 is 2.28 bits per heavy atom. The molecule has 96 valence electrons. The van der Waals surface area contributed by atoms with Crippen LogP contribution in [-0.4, -0.2) is 29.3 Å². The number of nitrogens with zero attached hydrogens (tertiary/aromatic N) is 2. The summed E-state index contributed by atoms with van der Waals surface area (Å²) in [5, 5.41) is 7.18. The van der Waals surface area contributed by atoms with Gasteiger partial charge in [0.15, 0.2) is 0 Å². The average Bonchev–Trinajstić information content (AvgIpc) is 3.08. The van der Waals surface area contributed by atoms with E-state index in [-0.39, 0.29) is 6.10 Å². The number of hydrogen-bond acceptors (Lipinski definition) is 6. The maximum atomic E-state index is 5.74. The SMILES string of the molecule is c1cc(-c2noc(COC3CCNCC3)n2)co1. The van der Waals surface area contributed by atoms with Crippen molar-refractivity contribution in [2.45, 2.75) is 25.6 Å². The number of furan rings is 1. The molecular weight excluding hydrogens is 234 g/mol. The molecule has 0 amide bonds. The zero-order valence-corrected chi connectivity index (χ0v) is 9.96. The quantitative estimate of drug-likeness (QED) is 0.887. The van der Waals surface area contributed by atoms with E-state index in [1.807, 2.05) is 0 Å². The number of rotatable bonds is 4.